The van der Waals surface area contributed by atoms with E-state index in [0.717, 1.165) is 29.6 Å². The molecule has 1 aliphatic carbocycles. The molecule has 1 fully saturated rings. The average Bonchev–Trinajstić information content (AvgIpc) is 2.60. The van der Waals surface area contributed by atoms with Crippen LogP contribution in [0.4, 0.5) is 0 Å². The molecule has 2 rings (SSSR count). The van der Waals surface area contributed by atoms with Crippen LogP contribution >= 0.6 is 38.9 Å². The van der Waals surface area contributed by atoms with Gasteiger partial charge in [0.15, 0.2) is 0 Å². The van der Waals surface area contributed by atoms with Crippen LogP contribution in [-0.4, -0.2) is 28.7 Å². The first kappa shape index (κ1) is 12.4. The molecule has 0 aliphatic heterocycles. The molecule has 1 aromatic heterocycles. The van der Waals surface area contributed by atoms with Gasteiger partial charge in [0.25, 0.3) is 5.91 Å². The summed E-state index contributed by atoms with van der Waals surface area (Å²) in [4.78, 5) is 15.0. The minimum Gasteiger partial charge on any atom is -0.334 e. The quantitative estimate of drug-likeness (QED) is 0.772. The highest BCUT2D eigenvalue weighted by Crippen LogP contribution is 2.29. The van der Waals surface area contributed by atoms with Crippen molar-refractivity contribution in [2.24, 2.45) is 0 Å². The van der Waals surface area contributed by atoms with Gasteiger partial charge < -0.3 is 4.90 Å². The van der Waals surface area contributed by atoms with E-state index in [2.05, 4.69) is 15.9 Å². The Morgan fingerprint density at radius 2 is 2.31 bits per heavy atom. The second-order valence-electron chi connectivity index (χ2n) is 3.88. The third kappa shape index (κ3) is 2.60. The summed E-state index contributed by atoms with van der Waals surface area (Å²) in [5.41, 5.74) is 0. The normalized spacial score (nSPS) is 15.9. The van der Waals surface area contributed by atoms with E-state index in [9.17, 15) is 4.79 Å². The minimum absolute atomic E-state index is 0.126. The van der Waals surface area contributed by atoms with Crippen LogP contribution in [0.5, 0.6) is 0 Å². The van der Waals surface area contributed by atoms with E-state index >= 15 is 0 Å². The molecule has 1 heterocycles. The Morgan fingerprint density at radius 3 is 2.75 bits per heavy atom. The zero-order valence-corrected chi connectivity index (χ0v) is 11.9. The van der Waals surface area contributed by atoms with Crippen molar-refractivity contribution >= 4 is 44.8 Å². The van der Waals surface area contributed by atoms with Gasteiger partial charge in [0.05, 0.1) is 9.21 Å². The second kappa shape index (κ2) is 5.52. The van der Waals surface area contributed by atoms with E-state index in [4.69, 9.17) is 11.6 Å². The summed E-state index contributed by atoms with van der Waals surface area (Å²) >= 11 is 10.6. The van der Waals surface area contributed by atoms with Crippen LogP contribution in [0.25, 0.3) is 0 Å². The first-order valence-electron chi connectivity index (χ1n) is 5.34. The summed E-state index contributed by atoms with van der Waals surface area (Å²) in [6.07, 6.45) is 3.51. The molecule has 0 unspecified atom stereocenters. The van der Waals surface area contributed by atoms with Crippen molar-refractivity contribution in [2.75, 3.05) is 11.9 Å². The maximum absolute atomic E-state index is 12.2. The zero-order chi connectivity index (χ0) is 11.5. The lowest BCUT2D eigenvalue weighted by molar-refractivity contribution is 0.0604. The van der Waals surface area contributed by atoms with Crippen LogP contribution < -0.4 is 0 Å². The fourth-order valence-corrected chi connectivity index (χ4v) is 3.19. The molecule has 0 bridgehead atoms. The number of alkyl halides is 1. The number of nitrogens with zero attached hydrogens (tertiary/aromatic N) is 1. The van der Waals surface area contributed by atoms with Gasteiger partial charge in [0.1, 0.15) is 0 Å². The van der Waals surface area contributed by atoms with Crippen LogP contribution in [0.3, 0.4) is 0 Å². The van der Waals surface area contributed by atoms with Crippen molar-refractivity contribution in [3.8, 4) is 0 Å². The molecule has 0 atom stereocenters. The van der Waals surface area contributed by atoms with Crippen LogP contribution in [0, 0.1) is 0 Å². The van der Waals surface area contributed by atoms with Gasteiger partial charge in [-0.2, -0.15) is 0 Å². The molecule has 1 saturated carbocycles. The van der Waals surface area contributed by atoms with Crippen molar-refractivity contribution in [3.63, 3.8) is 0 Å². The standard InChI is InChI=1S/C11H13BrClNOS/c12-6-7-14(8-2-1-3-8)11(15)9-4-5-10(13)16-9/h4-5,8H,1-3,6-7H2. The van der Waals surface area contributed by atoms with Crippen molar-refractivity contribution in [1.82, 2.24) is 4.90 Å². The fraction of sp³-hybridized carbons (Fsp3) is 0.545. The summed E-state index contributed by atoms with van der Waals surface area (Å²) in [5, 5.41) is 0.828. The molecule has 88 valence electrons. The highest BCUT2D eigenvalue weighted by Gasteiger charge is 2.29. The lowest BCUT2D eigenvalue weighted by Crippen LogP contribution is -2.44. The van der Waals surface area contributed by atoms with Crippen molar-refractivity contribution in [3.05, 3.63) is 21.3 Å². The summed E-state index contributed by atoms with van der Waals surface area (Å²) in [7, 11) is 0. The molecule has 1 amide bonds. The van der Waals surface area contributed by atoms with E-state index in [0.29, 0.717) is 10.4 Å². The van der Waals surface area contributed by atoms with E-state index in [-0.39, 0.29) is 5.91 Å². The molecule has 0 radical (unpaired) electrons. The van der Waals surface area contributed by atoms with E-state index in [1.165, 1.54) is 17.8 Å². The number of carbonyl (C=O) groups is 1. The minimum atomic E-state index is 0.126. The monoisotopic (exact) mass is 321 g/mol. The SMILES string of the molecule is O=C(c1ccc(Cl)s1)N(CCBr)C1CCC1. The van der Waals surface area contributed by atoms with Crippen LogP contribution in [-0.2, 0) is 0 Å². The molecule has 1 aromatic rings. The molecule has 0 saturated heterocycles. The van der Waals surface area contributed by atoms with Gasteiger partial charge in [0.2, 0.25) is 0 Å². The summed E-state index contributed by atoms with van der Waals surface area (Å²) < 4.78 is 0.677. The van der Waals surface area contributed by atoms with Crippen molar-refractivity contribution < 1.29 is 4.79 Å². The van der Waals surface area contributed by atoms with Gasteiger partial charge in [-0.15, -0.1) is 11.3 Å². The zero-order valence-electron chi connectivity index (χ0n) is 8.79. The Balaban J connectivity index is 2.09. The molecule has 1 aliphatic rings. The smallest absolute Gasteiger partial charge is 0.264 e. The lowest BCUT2D eigenvalue weighted by atomic mass is 9.91. The molecule has 0 spiro atoms. The summed E-state index contributed by atoms with van der Waals surface area (Å²) in [6, 6.07) is 4.04. The molecular formula is C11H13BrClNOS. The maximum atomic E-state index is 12.2. The van der Waals surface area contributed by atoms with E-state index in [1.54, 1.807) is 6.07 Å². The van der Waals surface area contributed by atoms with Gasteiger partial charge in [-0.05, 0) is 31.4 Å². The van der Waals surface area contributed by atoms with E-state index < -0.39 is 0 Å². The topological polar surface area (TPSA) is 20.3 Å². The summed E-state index contributed by atoms with van der Waals surface area (Å²) in [6.45, 7) is 0.777. The van der Waals surface area contributed by atoms with Crippen molar-refractivity contribution in [2.45, 2.75) is 25.3 Å². The van der Waals surface area contributed by atoms with Crippen LogP contribution in [0.2, 0.25) is 4.34 Å². The second-order valence-corrected chi connectivity index (χ2v) is 6.38. The highest BCUT2D eigenvalue weighted by molar-refractivity contribution is 9.09. The molecule has 5 heteroatoms. The Morgan fingerprint density at radius 1 is 1.56 bits per heavy atom. The largest absolute Gasteiger partial charge is 0.334 e. The predicted molar refractivity (Wildman–Crippen MR) is 71.8 cm³/mol. The van der Waals surface area contributed by atoms with Gasteiger partial charge >= 0.3 is 0 Å². The number of hydrogen-bond acceptors (Lipinski definition) is 2. The number of carbonyl (C=O) groups excluding carboxylic acids is 1. The van der Waals surface area contributed by atoms with Crippen LogP contribution in [0.15, 0.2) is 12.1 Å². The Hall–Kier alpha value is -0.0600. The average molecular weight is 323 g/mol. The van der Waals surface area contributed by atoms with Gasteiger partial charge in [0, 0.05) is 17.9 Å². The van der Waals surface area contributed by atoms with Gasteiger partial charge in [-0.25, -0.2) is 0 Å². The van der Waals surface area contributed by atoms with Gasteiger partial charge in [-0.3, -0.25) is 4.79 Å². The summed E-state index contributed by atoms with van der Waals surface area (Å²) in [5.74, 6) is 0.126. The molecule has 0 N–H and O–H groups in total. The maximum Gasteiger partial charge on any atom is 0.264 e. The molecule has 16 heavy (non-hydrogen) atoms. The third-order valence-electron chi connectivity index (χ3n) is 2.89. The van der Waals surface area contributed by atoms with Crippen molar-refractivity contribution in [1.29, 1.82) is 0 Å². The molecule has 2 nitrogen and oxygen atoms in total. The number of rotatable bonds is 4. The molecular weight excluding hydrogens is 310 g/mol. The molecule has 0 aromatic carbocycles. The Labute approximate surface area is 113 Å². The number of thiophene rings is 1. The number of hydrogen-bond donors (Lipinski definition) is 0. The predicted octanol–water partition coefficient (Wildman–Crippen LogP) is 3.79. The highest BCUT2D eigenvalue weighted by atomic mass is 79.9. The Kier molecular flexibility index (Phi) is 4.27. The van der Waals surface area contributed by atoms with E-state index in [1.807, 2.05) is 11.0 Å². The lowest BCUT2D eigenvalue weighted by Gasteiger charge is -2.37. The Bertz CT molecular complexity index is 378. The first-order valence-corrected chi connectivity index (χ1v) is 7.66. The van der Waals surface area contributed by atoms with Crippen LogP contribution in [0.1, 0.15) is 28.9 Å². The van der Waals surface area contributed by atoms with Gasteiger partial charge in [-0.1, -0.05) is 27.5 Å². The first-order chi connectivity index (χ1) is 7.72. The number of amides is 1. The third-order valence-corrected chi connectivity index (χ3v) is 4.46. The number of halogens is 2. The fourth-order valence-electron chi connectivity index (χ4n) is 1.81.